The van der Waals surface area contributed by atoms with Crippen LogP contribution in [0.15, 0.2) is 0 Å². The molecule has 0 aromatic rings. The van der Waals surface area contributed by atoms with Crippen LogP contribution in [0.1, 0.15) is 48.0 Å². The largest absolute Gasteiger partial charge is 0.389 e. The van der Waals surface area contributed by atoms with Gasteiger partial charge in [-0.3, -0.25) is 0 Å². The van der Waals surface area contributed by atoms with Gasteiger partial charge in [-0.05, 0) is 43.6 Å². The summed E-state index contributed by atoms with van der Waals surface area (Å²) in [7, 11) is 2.13. The standard InChI is InChI=1S/C15H31NO/c1-11(2)12-9-16(7)10-15(6,17)8-13(12)14(3,4)5/h11-13,17H,8-10H2,1-7H3. The van der Waals surface area contributed by atoms with Gasteiger partial charge in [0.1, 0.15) is 0 Å². The highest BCUT2D eigenvalue weighted by atomic mass is 16.3. The second-order valence-corrected chi connectivity index (χ2v) is 7.78. The van der Waals surface area contributed by atoms with E-state index in [1.165, 1.54) is 0 Å². The summed E-state index contributed by atoms with van der Waals surface area (Å²) in [6.07, 6.45) is 0.920. The predicted octanol–water partition coefficient (Wildman–Crippen LogP) is 3.01. The van der Waals surface area contributed by atoms with E-state index < -0.39 is 5.60 Å². The quantitative estimate of drug-likeness (QED) is 0.763. The van der Waals surface area contributed by atoms with Gasteiger partial charge in [-0.25, -0.2) is 0 Å². The van der Waals surface area contributed by atoms with Gasteiger partial charge in [-0.1, -0.05) is 34.6 Å². The highest BCUT2D eigenvalue weighted by Gasteiger charge is 2.42. The molecule has 0 bridgehead atoms. The van der Waals surface area contributed by atoms with Crippen LogP contribution in [0.5, 0.6) is 0 Å². The van der Waals surface area contributed by atoms with Gasteiger partial charge in [-0.15, -0.1) is 0 Å². The summed E-state index contributed by atoms with van der Waals surface area (Å²) in [5.74, 6) is 1.94. The van der Waals surface area contributed by atoms with E-state index in [2.05, 4.69) is 46.6 Å². The first kappa shape index (κ1) is 15.0. The van der Waals surface area contributed by atoms with Gasteiger partial charge in [0.25, 0.3) is 0 Å². The molecule has 1 aliphatic rings. The van der Waals surface area contributed by atoms with Crippen molar-refractivity contribution in [3.63, 3.8) is 0 Å². The minimum absolute atomic E-state index is 0.268. The van der Waals surface area contributed by atoms with Gasteiger partial charge in [0.15, 0.2) is 0 Å². The Morgan fingerprint density at radius 3 is 2.24 bits per heavy atom. The first-order chi connectivity index (χ1) is 7.53. The Kier molecular flexibility index (Phi) is 4.31. The smallest absolute Gasteiger partial charge is 0.0748 e. The molecule has 17 heavy (non-hydrogen) atoms. The topological polar surface area (TPSA) is 23.5 Å². The molecule has 102 valence electrons. The second kappa shape index (κ2) is 4.89. The molecule has 3 atom stereocenters. The minimum Gasteiger partial charge on any atom is -0.389 e. The Labute approximate surface area is 107 Å². The van der Waals surface area contributed by atoms with Gasteiger partial charge in [0.2, 0.25) is 0 Å². The SMILES string of the molecule is CC(C)C1CN(C)CC(C)(O)CC1C(C)(C)C. The lowest BCUT2D eigenvalue weighted by molar-refractivity contribution is 0.00114. The van der Waals surface area contributed by atoms with Crippen molar-refractivity contribution in [2.75, 3.05) is 20.1 Å². The van der Waals surface area contributed by atoms with Crippen LogP contribution in [0, 0.1) is 23.2 Å². The van der Waals surface area contributed by atoms with Crippen molar-refractivity contribution in [3.8, 4) is 0 Å². The molecule has 1 heterocycles. The number of aliphatic hydroxyl groups is 1. The molecule has 0 aromatic heterocycles. The molecular weight excluding hydrogens is 210 g/mol. The first-order valence-electron chi connectivity index (χ1n) is 6.94. The summed E-state index contributed by atoms with van der Waals surface area (Å²) in [6, 6.07) is 0. The van der Waals surface area contributed by atoms with Crippen molar-refractivity contribution in [1.82, 2.24) is 4.90 Å². The maximum Gasteiger partial charge on any atom is 0.0748 e. The molecule has 1 saturated heterocycles. The minimum atomic E-state index is -0.545. The van der Waals surface area contributed by atoms with Gasteiger partial charge in [0, 0.05) is 13.1 Å². The van der Waals surface area contributed by atoms with Gasteiger partial charge >= 0.3 is 0 Å². The Hall–Kier alpha value is -0.0800. The van der Waals surface area contributed by atoms with Crippen molar-refractivity contribution in [3.05, 3.63) is 0 Å². The van der Waals surface area contributed by atoms with Crippen molar-refractivity contribution >= 4 is 0 Å². The molecule has 0 radical (unpaired) electrons. The third-order valence-corrected chi connectivity index (χ3v) is 4.28. The molecule has 1 fully saturated rings. The fraction of sp³-hybridized carbons (Fsp3) is 1.00. The molecule has 0 spiro atoms. The van der Waals surface area contributed by atoms with E-state index in [0.29, 0.717) is 17.8 Å². The van der Waals surface area contributed by atoms with E-state index in [0.717, 1.165) is 19.5 Å². The highest BCUT2D eigenvalue weighted by molar-refractivity contribution is 4.93. The lowest BCUT2D eigenvalue weighted by Crippen LogP contribution is -2.38. The van der Waals surface area contributed by atoms with E-state index in [1.807, 2.05) is 6.92 Å². The number of likely N-dealkylation sites (N-methyl/N-ethyl adjacent to an activating group) is 1. The van der Waals surface area contributed by atoms with E-state index in [9.17, 15) is 5.11 Å². The summed E-state index contributed by atoms with van der Waals surface area (Å²) < 4.78 is 0. The lowest BCUT2D eigenvalue weighted by Gasteiger charge is -2.40. The van der Waals surface area contributed by atoms with Crippen LogP contribution in [0.4, 0.5) is 0 Å². The fourth-order valence-electron chi connectivity index (χ4n) is 3.45. The summed E-state index contributed by atoms with van der Waals surface area (Å²) >= 11 is 0. The van der Waals surface area contributed by atoms with Crippen molar-refractivity contribution in [1.29, 1.82) is 0 Å². The normalized spacial score (nSPS) is 37.2. The second-order valence-electron chi connectivity index (χ2n) is 7.78. The number of rotatable bonds is 1. The maximum atomic E-state index is 10.5. The van der Waals surface area contributed by atoms with Gasteiger partial charge < -0.3 is 10.0 Å². The molecule has 2 nitrogen and oxygen atoms in total. The monoisotopic (exact) mass is 241 g/mol. The van der Waals surface area contributed by atoms with E-state index in [-0.39, 0.29) is 5.41 Å². The van der Waals surface area contributed by atoms with Crippen molar-refractivity contribution < 1.29 is 5.11 Å². The summed E-state index contributed by atoms with van der Waals surface area (Å²) in [6.45, 7) is 15.5. The molecule has 0 aliphatic carbocycles. The van der Waals surface area contributed by atoms with Crippen LogP contribution < -0.4 is 0 Å². The molecule has 1 N–H and O–H groups in total. The van der Waals surface area contributed by atoms with Crippen LogP contribution >= 0.6 is 0 Å². The average Bonchev–Trinajstić information content (AvgIpc) is 2.19. The third kappa shape index (κ3) is 3.96. The van der Waals surface area contributed by atoms with Crippen LogP contribution in [0.3, 0.4) is 0 Å². The number of nitrogens with zero attached hydrogens (tertiary/aromatic N) is 1. The van der Waals surface area contributed by atoms with Crippen LogP contribution in [-0.2, 0) is 0 Å². The van der Waals surface area contributed by atoms with E-state index >= 15 is 0 Å². The lowest BCUT2D eigenvalue weighted by atomic mass is 9.66. The third-order valence-electron chi connectivity index (χ3n) is 4.28. The highest BCUT2D eigenvalue weighted by Crippen LogP contribution is 2.43. The Morgan fingerprint density at radius 1 is 1.29 bits per heavy atom. The Bertz CT molecular complexity index is 252. The van der Waals surface area contributed by atoms with Crippen LogP contribution in [0.25, 0.3) is 0 Å². The molecule has 0 aromatic carbocycles. The molecule has 0 saturated carbocycles. The zero-order chi connectivity index (χ0) is 13.4. The Morgan fingerprint density at radius 2 is 1.82 bits per heavy atom. The van der Waals surface area contributed by atoms with Crippen LogP contribution in [-0.4, -0.2) is 35.7 Å². The fourth-order valence-corrected chi connectivity index (χ4v) is 3.45. The van der Waals surface area contributed by atoms with Crippen molar-refractivity contribution in [2.24, 2.45) is 23.2 Å². The van der Waals surface area contributed by atoms with Gasteiger partial charge in [-0.2, -0.15) is 0 Å². The molecule has 3 unspecified atom stereocenters. The molecular formula is C15H31NO. The van der Waals surface area contributed by atoms with Crippen molar-refractivity contribution in [2.45, 2.75) is 53.6 Å². The Balaban J connectivity index is 3.01. The maximum absolute atomic E-state index is 10.5. The average molecular weight is 241 g/mol. The number of hydrogen-bond acceptors (Lipinski definition) is 2. The molecule has 2 heteroatoms. The number of β-amino-alcohol motifs (C(OH)–C–C–N with tert-alkyl or cyclic N) is 1. The zero-order valence-electron chi connectivity index (χ0n) is 12.7. The molecule has 1 rings (SSSR count). The number of hydrogen-bond donors (Lipinski definition) is 1. The summed E-state index contributed by atoms with van der Waals surface area (Å²) in [5, 5.41) is 10.5. The van der Waals surface area contributed by atoms with Gasteiger partial charge in [0.05, 0.1) is 5.60 Å². The summed E-state index contributed by atoms with van der Waals surface area (Å²) in [5.41, 5.74) is -0.277. The molecule has 0 amide bonds. The first-order valence-corrected chi connectivity index (χ1v) is 6.94. The van der Waals surface area contributed by atoms with E-state index in [1.54, 1.807) is 0 Å². The summed E-state index contributed by atoms with van der Waals surface area (Å²) in [4.78, 5) is 2.30. The number of likely N-dealkylation sites (tertiary alicyclic amines) is 1. The van der Waals surface area contributed by atoms with Crippen LogP contribution in [0.2, 0.25) is 0 Å². The molecule has 1 aliphatic heterocycles. The predicted molar refractivity (Wildman–Crippen MR) is 74.0 cm³/mol. The van der Waals surface area contributed by atoms with E-state index in [4.69, 9.17) is 0 Å². The zero-order valence-corrected chi connectivity index (χ0v) is 12.7.